The molecule has 0 radical (unpaired) electrons. The van der Waals surface area contributed by atoms with Crippen LogP contribution < -0.4 is 15.4 Å². The topological polar surface area (TPSA) is 63.2 Å². The molecule has 28 heavy (non-hydrogen) atoms. The van der Waals surface area contributed by atoms with Gasteiger partial charge in [0.15, 0.2) is 0 Å². The molecule has 138 valence electrons. The van der Waals surface area contributed by atoms with Gasteiger partial charge in [-0.3, -0.25) is 9.78 Å². The fraction of sp³-hybridized carbons (Fsp3) is 0.0435. The van der Waals surface area contributed by atoms with Crippen LogP contribution in [0.4, 0.5) is 11.4 Å². The summed E-state index contributed by atoms with van der Waals surface area (Å²) < 4.78 is 5.75. The molecule has 4 aromatic rings. The third-order valence-corrected chi connectivity index (χ3v) is 4.19. The number of aromatic nitrogens is 1. The minimum absolute atomic E-state index is 0.135. The maximum Gasteiger partial charge on any atom is 0.243 e. The highest BCUT2D eigenvalue weighted by atomic mass is 16.5. The van der Waals surface area contributed by atoms with Crippen LogP contribution in [-0.4, -0.2) is 17.4 Å². The Morgan fingerprint density at radius 3 is 2.39 bits per heavy atom. The Morgan fingerprint density at radius 1 is 0.821 bits per heavy atom. The Morgan fingerprint density at radius 2 is 1.57 bits per heavy atom. The molecule has 0 saturated heterocycles. The highest BCUT2D eigenvalue weighted by Gasteiger charge is 2.06. The average molecular weight is 369 g/mol. The second-order valence-corrected chi connectivity index (χ2v) is 6.22. The predicted molar refractivity (Wildman–Crippen MR) is 112 cm³/mol. The van der Waals surface area contributed by atoms with E-state index in [1.54, 1.807) is 6.20 Å². The van der Waals surface area contributed by atoms with Gasteiger partial charge in [-0.1, -0.05) is 36.4 Å². The van der Waals surface area contributed by atoms with Gasteiger partial charge in [-0.25, -0.2) is 0 Å². The van der Waals surface area contributed by atoms with Gasteiger partial charge < -0.3 is 15.4 Å². The standard InChI is InChI=1S/C23H19N3O2/c27-22(16-25-21-10-4-6-17-7-5-15-24-23(17)21)26-18-11-13-20(14-12-18)28-19-8-2-1-3-9-19/h1-15,25H,16H2,(H,26,27). The zero-order valence-electron chi connectivity index (χ0n) is 15.1. The Balaban J connectivity index is 1.34. The Labute approximate surface area is 163 Å². The predicted octanol–water partition coefficient (Wildman–Crippen LogP) is 5.08. The van der Waals surface area contributed by atoms with Crippen molar-refractivity contribution in [2.24, 2.45) is 0 Å². The van der Waals surface area contributed by atoms with Crippen molar-refractivity contribution in [3.63, 3.8) is 0 Å². The van der Waals surface area contributed by atoms with Gasteiger partial charge in [-0.05, 0) is 48.5 Å². The number of carbonyl (C=O) groups is 1. The van der Waals surface area contributed by atoms with E-state index in [0.717, 1.165) is 22.3 Å². The van der Waals surface area contributed by atoms with Crippen molar-refractivity contribution < 1.29 is 9.53 Å². The third-order valence-electron chi connectivity index (χ3n) is 4.19. The molecule has 0 unspecified atom stereocenters. The molecule has 0 bridgehead atoms. The first kappa shape index (κ1) is 17.5. The number of anilines is 2. The summed E-state index contributed by atoms with van der Waals surface area (Å²) in [5, 5.41) is 7.06. The number of ether oxygens (including phenoxy) is 1. The van der Waals surface area contributed by atoms with Gasteiger partial charge >= 0.3 is 0 Å². The van der Waals surface area contributed by atoms with Crippen molar-refractivity contribution in [3.8, 4) is 11.5 Å². The number of fused-ring (bicyclic) bond motifs is 1. The van der Waals surface area contributed by atoms with E-state index in [1.165, 1.54) is 0 Å². The Bertz CT molecular complexity index is 1070. The largest absolute Gasteiger partial charge is 0.457 e. The molecule has 1 aromatic heterocycles. The molecule has 1 amide bonds. The van der Waals surface area contributed by atoms with Gasteiger partial charge in [0.1, 0.15) is 11.5 Å². The van der Waals surface area contributed by atoms with Gasteiger partial charge in [0.2, 0.25) is 5.91 Å². The zero-order valence-corrected chi connectivity index (χ0v) is 15.1. The van der Waals surface area contributed by atoms with Crippen LogP contribution in [0.3, 0.4) is 0 Å². The van der Waals surface area contributed by atoms with Gasteiger partial charge in [0.25, 0.3) is 0 Å². The van der Waals surface area contributed by atoms with Crippen molar-refractivity contribution in [1.82, 2.24) is 4.98 Å². The van der Waals surface area contributed by atoms with E-state index < -0.39 is 0 Å². The van der Waals surface area contributed by atoms with Crippen LogP contribution in [0, 0.1) is 0 Å². The number of amides is 1. The molecule has 2 N–H and O–H groups in total. The van der Waals surface area contributed by atoms with Crippen molar-refractivity contribution in [1.29, 1.82) is 0 Å². The fourth-order valence-corrected chi connectivity index (χ4v) is 2.86. The number of carbonyl (C=O) groups excluding carboxylic acids is 1. The first-order chi connectivity index (χ1) is 13.8. The highest BCUT2D eigenvalue weighted by Crippen LogP contribution is 2.23. The minimum atomic E-state index is -0.135. The lowest BCUT2D eigenvalue weighted by atomic mass is 10.2. The molecule has 0 aliphatic heterocycles. The van der Waals surface area contributed by atoms with Crippen molar-refractivity contribution in [2.45, 2.75) is 0 Å². The molecule has 5 heteroatoms. The number of nitrogens with one attached hydrogen (secondary N) is 2. The average Bonchev–Trinajstić information content (AvgIpc) is 2.74. The van der Waals surface area contributed by atoms with Gasteiger partial charge in [0, 0.05) is 17.3 Å². The molecule has 0 spiro atoms. The quantitative estimate of drug-likeness (QED) is 0.498. The molecular formula is C23H19N3O2. The second-order valence-electron chi connectivity index (χ2n) is 6.22. The number of nitrogens with zero attached hydrogens (tertiary/aromatic N) is 1. The smallest absolute Gasteiger partial charge is 0.243 e. The summed E-state index contributed by atoms with van der Waals surface area (Å²) in [6.45, 7) is 0.151. The summed E-state index contributed by atoms with van der Waals surface area (Å²) in [5.41, 5.74) is 2.39. The van der Waals surface area contributed by atoms with Crippen LogP contribution in [0.1, 0.15) is 0 Å². The number of hydrogen-bond acceptors (Lipinski definition) is 4. The van der Waals surface area contributed by atoms with Crippen LogP contribution in [-0.2, 0) is 4.79 Å². The summed E-state index contributed by atoms with van der Waals surface area (Å²) >= 11 is 0. The summed E-state index contributed by atoms with van der Waals surface area (Å²) in [5.74, 6) is 1.35. The number of pyridine rings is 1. The number of para-hydroxylation sites is 2. The van der Waals surface area contributed by atoms with Crippen LogP contribution in [0.5, 0.6) is 11.5 Å². The molecule has 4 rings (SSSR count). The molecule has 0 aliphatic carbocycles. The molecule has 5 nitrogen and oxygen atoms in total. The van der Waals surface area contributed by atoms with Gasteiger partial charge in [-0.2, -0.15) is 0 Å². The lowest BCUT2D eigenvalue weighted by molar-refractivity contribution is -0.114. The number of hydrogen-bond donors (Lipinski definition) is 2. The summed E-state index contributed by atoms with van der Waals surface area (Å²) in [6.07, 6.45) is 1.74. The van der Waals surface area contributed by atoms with Crippen molar-refractivity contribution in [2.75, 3.05) is 17.2 Å². The maximum absolute atomic E-state index is 12.3. The Kier molecular flexibility index (Phi) is 5.15. The van der Waals surface area contributed by atoms with Crippen LogP contribution >= 0.6 is 0 Å². The van der Waals surface area contributed by atoms with E-state index in [2.05, 4.69) is 15.6 Å². The fourth-order valence-electron chi connectivity index (χ4n) is 2.86. The molecule has 0 fully saturated rings. The number of benzene rings is 3. The molecule has 0 atom stereocenters. The zero-order chi connectivity index (χ0) is 19.2. The van der Waals surface area contributed by atoms with Crippen LogP contribution in [0.25, 0.3) is 10.9 Å². The van der Waals surface area contributed by atoms with Gasteiger partial charge in [0.05, 0.1) is 17.7 Å². The molecular weight excluding hydrogens is 350 g/mol. The first-order valence-corrected chi connectivity index (χ1v) is 8.98. The lowest BCUT2D eigenvalue weighted by Crippen LogP contribution is -2.21. The Hall–Kier alpha value is -3.86. The molecule has 0 aliphatic rings. The minimum Gasteiger partial charge on any atom is -0.457 e. The van der Waals surface area contributed by atoms with E-state index in [9.17, 15) is 4.79 Å². The summed E-state index contributed by atoms with van der Waals surface area (Å²) in [4.78, 5) is 16.7. The van der Waals surface area contributed by atoms with Gasteiger partial charge in [-0.15, -0.1) is 0 Å². The third kappa shape index (κ3) is 4.27. The number of rotatable bonds is 6. The normalized spacial score (nSPS) is 10.4. The molecule has 3 aromatic carbocycles. The van der Waals surface area contributed by atoms with Crippen molar-refractivity contribution in [3.05, 3.63) is 91.1 Å². The lowest BCUT2D eigenvalue weighted by Gasteiger charge is -2.10. The van der Waals surface area contributed by atoms with E-state index in [4.69, 9.17) is 4.74 Å². The highest BCUT2D eigenvalue weighted by molar-refractivity contribution is 5.96. The second kappa shape index (κ2) is 8.22. The van der Waals surface area contributed by atoms with Crippen molar-refractivity contribution >= 4 is 28.2 Å². The molecule has 0 saturated carbocycles. The van der Waals surface area contributed by atoms with E-state index in [0.29, 0.717) is 11.4 Å². The van der Waals surface area contributed by atoms with E-state index in [1.807, 2.05) is 84.9 Å². The monoisotopic (exact) mass is 369 g/mol. The summed E-state index contributed by atoms with van der Waals surface area (Å²) in [7, 11) is 0. The maximum atomic E-state index is 12.3. The molecule has 1 heterocycles. The first-order valence-electron chi connectivity index (χ1n) is 8.98. The van der Waals surface area contributed by atoms with E-state index >= 15 is 0 Å². The van der Waals surface area contributed by atoms with E-state index in [-0.39, 0.29) is 12.5 Å². The van der Waals surface area contributed by atoms with Crippen LogP contribution in [0.2, 0.25) is 0 Å². The van der Waals surface area contributed by atoms with Crippen LogP contribution in [0.15, 0.2) is 91.1 Å². The summed E-state index contributed by atoms with van der Waals surface area (Å²) in [6, 6.07) is 26.6. The SMILES string of the molecule is O=C(CNc1cccc2cccnc12)Nc1ccc(Oc2ccccc2)cc1.